The number of hydrogen-bond donors (Lipinski definition) is 2. The number of nitrogens with one attached hydrogen (secondary N) is 2. The van der Waals surface area contributed by atoms with Crippen molar-refractivity contribution in [2.45, 2.75) is 43.8 Å². The van der Waals surface area contributed by atoms with E-state index in [9.17, 15) is 14.4 Å². The molecule has 1 fully saturated rings. The second-order valence-electron chi connectivity index (χ2n) is 8.25. The van der Waals surface area contributed by atoms with Crippen LogP contribution in [-0.2, 0) is 21.7 Å². The molecule has 9 heteroatoms. The van der Waals surface area contributed by atoms with Crippen molar-refractivity contribution in [1.29, 1.82) is 0 Å². The van der Waals surface area contributed by atoms with E-state index in [0.29, 0.717) is 35.9 Å². The Hall–Kier alpha value is -3.04. The molecule has 1 atom stereocenters. The summed E-state index contributed by atoms with van der Waals surface area (Å²) in [5.74, 6) is 0.144. The van der Waals surface area contributed by atoms with Crippen molar-refractivity contribution in [1.82, 2.24) is 25.3 Å². The Morgan fingerprint density at radius 3 is 2.72 bits per heavy atom. The molecule has 0 aliphatic heterocycles. The first-order valence-corrected chi connectivity index (χ1v) is 10.8. The van der Waals surface area contributed by atoms with Crippen LogP contribution in [0.5, 0.6) is 5.75 Å². The summed E-state index contributed by atoms with van der Waals surface area (Å²) in [5.41, 5.74) is 0.826. The number of likely N-dealkylation sites (N-methyl/N-ethyl adjacent to an activating group) is 2. The Bertz CT molecular complexity index is 954. The molecule has 9 nitrogen and oxygen atoms in total. The number of nitrogens with zero attached hydrogens (tertiary/aromatic N) is 3. The van der Waals surface area contributed by atoms with Crippen LogP contribution in [0.2, 0.25) is 0 Å². The number of amides is 2. The number of methoxy groups -OCH3 is 1. The van der Waals surface area contributed by atoms with E-state index in [1.54, 1.807) is 32.5 Å². The molecule has 2 aromatic rings. The molecule has 1 aliphatic carbocycles. The van der Waals surface area contributed by atoms with Crippen LogP contribution in [0.4, 0.5) is 0 Å². The zero-order chi connectivity index (χ0) is 23.1. The molecule has 0 bridgehead atoms. The Morgan fingerprint density at radius 2 is 2.09 bits per heavy atom. The lowest BCUT2D eigenvalue weighted by molar-refractivity contribution is -0.131. The highest BCUT2D eigenvalue weighted by Gasteiger charge is 2.41. The monoisotopic (exact) mass is 441 g/mol. The molecule has 2 N–H and O–H groups in total. The standard InChI is InChI=1S/C23H31N5O4/c1-24-23(22(31)25-16-30,19-11-26-28(13-19)20-6-4-5-7-20)15-27(2)12-17-8-9-21(32-3)10-18(17)14-29/h8-11,13-14,16,20,24H,4-7,12,15H2,1-3H3,(H,25,30,31)/t23-/m0/s1. The lowest BCUT2D eigenvalue weighted by Gasteiger charge is -2.34. The first-order chi connectivity index (χ1) is 15.5. The van der Waals surface area contributed by atoms with Gasteiger partial charge in [0.2, 0.25) is 6.41 Å². The van der Waals surface area contributed by atoms with E-state index in [2.05, 4.69) is 15.7 Å². The smallest absolute Gasteiger partial charge is 0.252 e. The third kappa shape index (κ3) is 4.89. The van der Waals surface area contributed by atoms with E-state index in [1.807, 2.05) is 28.9 Å². The fraction of sp³-hybridized carbons (Fsp3) is 0.478. The molecule has 172 valence electrons. The molecule has 3 rings (SSSR count). The number of benzene rings is 1. The molecule has 1 aromatic carbocycles. The average molecular weight is 442 g/mol. The number of carbonyl (C=O) groups excluding carboxylic acids is 3. The van der Waals surface area contributed by atoms with Crippen molar-refractivity contribution in [3.05, 3.63) is 47.3 Å². The van der Waals surface area contributed by atoms with Crippen molar-refractivity contribution in [2.75, 3.05) is 27.7 Å². The maximum absolute atomic E-state index is 13.1. The van der Waals surface area contributed by atoms with Gasteiger partial charge < -0.3 is 10.1 Å². The topological polar surface area (TPSA) is 106 Å². The van der Waals surface area contributed by atoms with E-state index >= 15 is 0 Å². The molecule has 32 heavy (non-hydrogen) atoms. The maximum Gasteiger partial charge on any atom is 0.252 e. The van der Waals surface area contributed by atoms with E-state index < -0.39 is 11.4 Å². The second-order valence-corrected chi connectivity index (χ2v) is 8.25. The van der Waals surface area contributed by atoms with E-state index in [1.165, 1.54) is 12.8 Å². The van der Waals surface area contributed by atoms with Crippen molar-refractivity contribution in [3.8, 4) is 5.75 Å². The minimum Gasteiger partial charge on any atom is -0.497 e. The van der Waals surface area contributed by atoms with Gasteiger partial charge in [0.1, 0.15) is 11.3 Å². The van der Waals surface area contributed by atoms with Crippen LogP contribution < -0.4 is 15.4 Å². The SMILES string of the molecule is CN[C@](CN(C)Cc1ccc(OC)cc1C=O)(C(=O)NC=O)c1cnn(C2CCCC2)c1. The molecule has 1 saturated carbocycles. The number of carbonyl (C=O) groups is 3. The summed E-state index contributed by atoms with van der Waals surface area (Å²) in [6, 6.07) is 5.65. The van der Waals surface area contributed by atoms with Crippen LogP contribution in [0, 0.1) is 0 Å². The Balaban J connectivity index is 1.88. The highest BCUT2D eigenvalue weighted by atomic mass is 16.5. The number of aromatic nitrogens is 2. The molecule has 0 unspecified atom stereocenters. The summed E-state index contributed by atoms with van der Waals surface area (Å²) in [5, 5.41) is 9.95. The van der Waals surface area contributed by atoms with Gasteiger partial charge in [-0.2, -0.15) is 5.10 Å². The fourth-order valence-electron chi connectivity index (χ4n) is 4.44. The average Bonchev–Trinajstić information content (AvgIpc) is 3.50. The van der Waals surface area contributed by atoms with E-state index in [-0.39, 0.29) is 6.54 Å². The van der Waals surface area contributed by atoms with Crippen molar-refractivity contribution < 1.29 is 19.1 Å². The minimum atomic E-state index is -1.19. The van der Waals surface area contributed by atoms with Gasteiger partial charge >= 0.3 is 0 Å². The molecule has 1 aliphatic rings. The van der Waals surface area contributed by atoms with Gasteiger partial charge in [-0.1, -0.05) is 18.9 Å². The third-order valence-corrected chi connectivity index (χ3v) is 6.22. The van der Waals surface area contributed by atoms with E-state index in [0.717, 1.165) is 24.7 Å². The Morgan fingerprint density at radius 1 is 1.34 bits per heavy atom. The number of ether oxygens (including phenoxy) is 1. The van der Waals surface area contributed by atoms with Gasteiger partial charge in [0.05, 0.1) is 19.3 Å². The zero-order valence-electron chi connectivity index (χ0n) is 18.8. The lowest BCUT2D eigenvalue weighted by atomic mass is 9.90. The number of hydrogen-bond acceptors (Lipinski definition) is 7. The van der Waals surface area contributed by atoms with Gasteiger partial charge in [-0.05, 0) is 44.6 Å². The van der Waals surface area contributed by atoms with Gasteiger partial charge in [-0.25, -0.2) is 0 Å². The van der Waals surface area contributed by atoms with Crippen LogP contribution >= 0.6 is 0 Å². The predicted octanol–water partition coefficient (Wildman–Crippen LogP) is 1.64. The summed E-state index contributed by atoms with van der Waals surface area (Å²) in [4.78, 5) is 37.7. The first kappa shape index (κ1) is 23.6. The number of imide groups is 1. The molecule has 2 amide bonds. The minimum absolute atomic E-state index is 0.254. The normalized spacial score (nSPS) is 16.0. The molecule has 0 spiro atoms. The summed E-state index contributed by atoms with van der Waals surface area (Å²) in [6.45, 7) is 0.677. The quantitative estimate of drug-likeness (QED) is 0.511. The summed E-state index contributed by atoms with van der Waals surface area (Å²) in [7, 11) is 5.10. The van der Waals surface area contributed by atoms with Crippen molar-refractivity contribution >= 4 is 18.6 Å². The summed E-state index contributed by atoms with van der Waals surface area (Å²) >= 11 is 0. The molecular formula is C23H31N5O4. The molecule has 0 radical (unpaired) electrons. The number of rotatable bonds is 11. The highest BCUT2D eigenvalue weighted by Crippen LogP contribution is 2.31. The largest absolute Gasteiger partial charge is 0.497 e. The van der Waals surface area contributed by atoms with Gasteiger partial charge in [0.25, 0.3) is 5.91 Å². The van der Waals surface area contributed by atoms with Crippen LogP contribution in [0.1, 0.15) is 53.2 Å². The zero-order valence-corrected chi connectivity index (χ0v) is 18.8. The van der Waals surface area contributed by atoms with Crippen LogP contribution in [0.25, 0.3) is 0 Å². The van der Waals surface area contributed by atoms with Crippen LogP contribution in [0.15, 0.2) is 30.6 Å². The molecular weight excluding hydrogens is 410 g/mol. The van der Waals surface area contributed by atoms with Gasteiger partial charge in [-0.3, -0.25) is 29.3 Å². The molecule has 1 aromatic heterocycles. The molecule has 0 saturated heterocycles. The van der Waals surface area contributed by atoms with E-state index in [4.69, 9.17) is 4.74 Å². The Kier molecular flexibility index (Phi) is 7.76. The second kappa shape index (κ2) is 10.5. The van der Waals surface area contributed by atoms with Crippen molar-refractivity contribution in [3.63, 3.8) is 0 Å². The number of aldehydes is 1. The summed E-state index contributed by atoms with van der Waals surface area (Å²) < 4.78 is 7.12. The van der Waals surface area contributed by atoms with Crippen LogP contribution in [0.3, 0.4) is 0 Å². The fourth-order valence-corrected chi connectivity index (χ4v) is 4.44. The van der Waals surface area contributed by atoms with Gasteiger partial charge in [0.15, 0.2) is 6.29 Å². The lowest BCUT2D eigenvalue weighted by Crippen LogP contribution is -2.58. The van der Waals surface area contributed by atoms with Gasteiger partial charge in [-0.15, -0.1) is 0 Å². The predicted molar refractivity (Wildman–Crippen MR) is 119 cm³/mol. The van der Waals surface area contributed by atoms with Crippen molar-refractivity contribution in [2.24, 2.45) is 0 Å². The Labute approximate surface area is 188 Å². The van der Waals surface area contributed by atoms with Gasteiger partial charge in [0, 0.05) is 30.4 Å². The molecule has 1 heterocycles. The highest BCUT2D eigenvalue weighted by molar-refractivity contribution is 5.94. The third-order valence-electron chi connectivity index (χ3n) is 6.22. The van der Waals surface area contributed by atoms with Crippen LogP contribution in [-0.4, -0.2) is 61.0 Å². The summed E-state index contributed by atoms with van der Waals surface area (Å²) in [6.07, 6.45) is 9.26. The first-order valence-electron chi connectivity index (χ1n) is 10.8. The maximum atomic E-state index is 13.1.